The molecule has 0 aliphatic carbocycles. The molecule has 2 amide bonds. The zero-order valence-corrected chi connectivity index (χ0v) is 26.0. The van der Waals surface area contributed by atoms with Crippen LogP contribution in [0.3, 0.4) is 0 Å². The quantitative estimate of drug-likeness (QED) is 0.284. The normalized spacial score (nSPS) is 24.2. The highest BCUT2D eigenvalue weighted by Crippen LogP contribution is 2.44. The first kappa shape index (κ1) is 31.3. The molecule has 0 spiro atoms. The summed E-state index contributed by atoms with van der Waals surface area (Å²) in [5.41, 5.74) is -0.716. The molecule has 0 saturated carbocycles. The molecule has 42 heavy (non-hydrogen) atoms. The molecule has 2 fully saturated rings. The van der Waals surface area contributed by atoms with Crippen LogP contribution in [0, 0.1) is 0 Å². The van der Waals surface area contributed by atoms with E-state index in [0.29, 0.717) is 13.0 Å². The van der Waals surface area contributed by atoms with Gasteiger partial charge in [-0.05, 0) is 79.4 Å². The van der Waals surface area contributed by atoms with Crippen LogP contribution in [0.1, 0.15) is 91.5 Å². The Balaban J connectivity index is 1.64. The maximum absolute atomic E-state index is 13.9. The van der Waals surface area contributed by atoms with Gasteiger partial charge >= 0.3 is 18.2 Å². The van der Waals surface area contributed by atoms with Gasteiger partial charge in [-0.2, -0.15) is 0 Å². The van der Waals surface area contributed by atoms with E-state index in [1.54, 1.807) is 25.7 Å². The van der Waals surface area contributed by atoms with Crippen molar-refractivity contribution in [2.24, 2.45) is 0 Å². The van der Waals surface area contributed by atoms with E-state index in [0.717, 1.165) is 11.1 Å². The van der Waals surface area contributed by atoms with Crippen molar-refractivity contribution in [2.45, 2.75) is 109 Å². The van der Waals surface area contributed by atoms with Gasteiger partial charge < -0.3 is 18.9 Å². The van der Waals surface area contributed by atoms with Crippen molar-refractivity contribution in [3.63, 3.8) is 0 Å². The number of carbonyl (C=O) groups excluding carboxylic acids is 3. The first-order valence-electron chi connectivity index (χ1n) is 14.6. The SMILES string of the molecule is CC(C)(C)OC(=O)N1[C@@H](CC[C@@H]2CN(C(=O)OC(C)(C)C)C(C)(C)O2)C(=O)O[C@H](c2ccccc2)[C@@H]1c1ccccc1. The van der Waals surface area contributed by atoms with Gasteiger partial charge in [0.15, 0.2) is 6.10 Å². The number of benzene rings is 2. The molecule has 0 unspecified atom stereocenters. The van der Waals surface area contributed by atoms with Crippen LogP contribution in [0.5, 0.6) is 0 Å². The molecule has 0 aromatic heterocycles. The molecule has 2 heterocycles. The van der Waals surface area contributed by atoms with Gasteiger partial charge in [0.1, 0.15) is 29.0 Å². The van der Waals surface area contributed by atoms with E-state index in [-0.39, 0.29) is 12.5 Å². The second-order valence-corrected chi connectivity index (χ2v) is 13.4. The highest BCUT2D eigenvalue weighted by Gasteiger charge is 2.50. The number of hydrogen-bond acceptors (Lipinski definition) is 7. The number of rotatable bonds is 5. The fraction of sp³-hybridized carbons (Fsp3) is 0.545. The Kier molecular flexibility index (Phi) is 8.92. The minimum atomic E-state index is -0.924. The number of amides is 2. The average molecular weight is 581 g/mol. The summed E-state index contributed by atoms with van der Waals surface area (Å²) in [6.07, 6.45) is -1.50. The molecule has 2 aromatic rings. The summed E-state index contributed by atoms with van der Waals surface area (Å²) >= 11 is 0. The smallest absolute Gasteiger partial charge is 0.412 e. The molecule has 2 saturated heterocycles. The third-order valence-electron chi connectivity index (χ3n) is 7.18. The second-order valence-electron chi connectivity index (χ2n) is 13.4. The predicted octanol–water partition coefficient (Wildman–Crippen LogP) is 6.78. The number of ether oxygens (including phenoxy) is 4. The van der Waals surface area contributed by atoms with Gasteiger partial charge in [0.05, 0.1) is 12.6 Å². The lowest BCUT2D eigenvalue weighted by Gasteiger charge is -2.45. The zero-order valence-electron chi connectivity index (χ0n) is 26.0. The van der Waals surface area contributed by atoms with Crippen LogP contribution >= 0.6 is 0 Å². The van der Waals surface area contributed by atoms with E-state index in [9.17, 15) is 14.4 Å². The van der Waals surface area contributed by atoms with Crippen LogP contribution in [-0.4, -0.2) is 63.6 Å². The molecule has 9 nitrogen and oxygen atoms in total. The summed E-state index contributed by atoms with van der Waals surface area (Å²) in [5.74, 6) is -0.511. The largest absolute Gasteiger partial charge is 0.453 e. The molecule has 228 valence electrons. The summed E-state index contributed by atoms with van der Waals surface area (Å²) in [5, 5.41) is 0. The van der Waals surface area contributed by atoms with Gasteiger partial charge in [-0.1, -0.05) is 60.7 Å². The first-order chi connectivity index (χ1) is 19.6. The minimum absolute atomic E-state index is 0.256. The van der Waals surface area contributed by atoms with E-state index in [4.69, 9.17) is 18.9 Å². The van der Waals surface area contributed by atoms with E-state index in [1.807, 2.05) is 95.3 Å². The van der Waals surface area contributed by atoms with E-state index in [1.165, 1.54) is 4.90 Å². The monoisotopic (exact) mass is 580 g/mol. The van der Waals surface area contributed by atoms with Crippen LogP contribution in [0.2, 0.25) is 0 Å². The molecule has 0 bridgehead atoms. The van der Waals surface area contributed by atoms with E-state index in [2.05, 4.69) is 0 Å². The Morgan fingerprint density at radius 1 is 0.833 bits per heavy atom. The van der Waals surface area contributed by atoms with Crippen LogP contribution < -0.4 is 0 Å². The fourth-order valence-corrected chi connectivity index (χ4v) is 5.45. The molecule has 0 N–H and O–H groups in total. The molecule has 4 rings (SSSR count). The lowest BCUT2D eigenvalue weighted by molar-refractivity contribution is -0.175. The van der Waals surface area contributed by atoms with Gasteiger partial charge in [-0.15, -0.1) is 0 Å². The number of carbonyl (C=O) groups is 3. The lowest BCUT2D eigenvalue weighted by Crippen LogP contribution is -2.55. The lowest BCUT2D eigenvalue weighted by atomic mass is 9.90. The highest BCUT2D eigenvalue weighted by atomic mass is 16.6. The molecular weight excluding hydrogens is 536 g/mol. The van der Waals surface area contributed by atoms with Crippen LogP contribution in [0.25, 0.3) is 0 Å². The Morgan fingerprint density at radius 2 is 1.36 bits per heavy atom. The predicted molar refractivity (Wildman–Crippen MR) is 157 cm³/mol. The number of hydrogen-bond donors (Lipinski definition) is 0. The standard InChI is InChI=1S/C33H44N2O7/c1-31(2,3)41-29(37)34-21-24(40-33(34,7)8)19-20-25-28(36)39-27(23-17-13-10-14-18-23)26(22-15-11-9-12-16-22)35(25)30(38)42-32(4,5)6/h9-18,24-27H,19-21H2,1-8H3/t24-,25+,26+,27-/m1/s1. The third-order valence-corrected chi connectivity index (χ3v) is 7.18. The highest BCUT2D eigenvalue weighted by molar-refractivity contribution is 5.83. The summed E-state index contributed by atoms with van der Waals surface area (Å²) in [4.78, 5) is 43.6. The van der Waals surface area contributed by atoms with E-state index >= 15 is 0 Å². The van der Waals surface area contributed by atoms with Gasteiger partial charge in [-0.25, -0.2) is 14.4 Å². The van der Waals surface area contributed by atoms with Crippen molar-refractivity contribution in [2.75, 3.05) is 6.54 Å². The Labute approximate surface area is 249 Å². The maximum atomic E-state index is 13.9. The molecule has 9 heteroatoms. The van der Waals surface area contributed by atoms with Gasteiger partial charge in [0.25, 0.3) is 0 Å². The summed E-state index contributed by atoms with van der Waals surface area (Å²) in [6, 6.07) is 17.4. The van der Waals surface area contributed by atoms with E-state index < -0.39 is 53.3 Å². The number of esters is 1. The van der Waals surface area contributed by atoms with Crippen molar-refractivity contribution in [3.05, 3.63) is 71.8 Å². The maximum Gasteiger partial charge on any atom is 0.412 e. The van der Waals surface area contributed by atoms with Gasteiger partial charge in [-0.3, -0.25) is 9.80 Å². The van der Waals surface area contributed by atoms with Crippen LogP contribution in [0.4, 0.5) is 9.59 Å². The van der Waals surface area contributed by atoms with Gasteiger partial charge in [0, 0.05) is 0 Å². The summed E-state index contributed by atoms with van der Waals surface area (Å²) in [7, 11) is 0. The number of cyclic esters (lactones) is 1. The first-order valence-corrected chi connectivity index (χ1v) is 14.6. The molecular formula is C33H44N2O7. The Hall–Kier alpha value is -3.59. The van der Waals surface area contributed by atoms with Crippen molar-refractivity contribution < 1.29 is 33.3 Å². The zero-order chi connectivity index (χ0) is 30.9. The van der Waals surface area contributed by atoms with Gasteiger partial charge in [0.2, 0.25) is 0 Å². The summed E-state index contributed by atoms with van der Waals surface area (Å²) < 4.78 is 23.8. The van der Waals surface area contributed by atoms with Crippen molar-refractivity contribution in [1.82, 2.24) is 9.80 Å². The molecule has 4 atom stereocenters. The van der Waals surface area contributed by atoms with Crippen LogP contribution in [-0.2, 0) is 23.7 Å². The van der Waals surface area contributed by atoms with Crippen molar-refractivity contribution in [3.8, 4) is 0 Å². The number of nitrogens with zero attached hydrogens (tertiary/aromatic N) is 2. The van der Waals surface area contributed by atoms with Crippen molar-refractivity contribution in [1.29, 1.82) is 0 Å². The van der Waals surface area contributed by atoms with Crippen LogP contribution in [0.15, 0.2) is 60.7 Å². The minimum Gasteiger partial charge on any atom is -0.453 e. The third kappa shape index (κ3) is 7.43. The average Bonchev–Trinajstić information content (AvgIpc) is 3.20. The summed E-state index contributed by atoms with van der Waals surface area (Å²) in [6.45, 7) is 14.8. The fourth-order valence-electron chi connectivity index (χ4n) is 5.45. The topological polar surface area (TPSA) is 94.6 Å². The Morgan fingerprint density at radius 3 is 1.90 bits per heavy atom. The molecule has 2 aliphatic heterocycles. The second kappa shape index (κ2) is 12.0. The number of morpholine rings is 1. The van der Waals surface area contributed by atoms with Crippen molar-refractivity contribution >= 4 is 18.2 Å². The molecule has 2 aliphatic rings. The molecule has 0 radical (unpaired) electrons. The Bertz CT molecular complexity index is 1250. The molecule has 2 aromatic carbocycles.